The lowest BCUT2D eigenvalue weighted by molar-refractivity contribution is -0.121. The van der Waals surface area contributed by atoms with Gasteiger partial charge in [-0.1, -0.05) is 12.1 Å². The molecule has 0 aromatic heterocycles. The number of carboxylic acid groups (broad SMARTS) is 1. The molecular formula is C20H16N2O5S. The molecule has 7 nitrogen and oxygen atoms in total. The summed E-state index contributed by atoms with van der Waals surface area (Å²) < 4.78 is 4.66. The van der Waals surface area contributed by atoms with Crippen LogP contribution < -0.4 is 0 Å². The minimum atomic E-state index is -1.01. The summed E-state index contributed by atoms with van der Waals surface area (Å²) >= 11 is 1.22. The number of thioether (sulfide) groups is 1. The average molecular weight is 396 g/mol. The second-order valence-corrected chi connectivity index (χ2v) is 6.84. The van der Waals surface area contributed by atoms with Gasteiger partial charge in [0.25, 0.3) is 5.91 Å². The second-order valence-electron chi connectivity index (χ2n) is 5.83. The molecule has 1 N–H and O–H groups in total. The Kier molecular flexibility index (Phi) is 5.60. The molecule has 1 aliphatic heterocycles. The van der Waals surface area contributed by atoms with Gasteiger partial charge in [-0.15, -0.1) is 0 Å². The van der Waals surface area contributed by atoms with Crippen LogP contribution in [0.25, 0.3) is 6.08 Å². The third-order valence-electron chi connectivity index (χ3n) is 3.97. The Morgan fingerprint density at radius 2 is 1.68 bits per heavy atom. The number of aliphatic imine (C=N–C) groups is 1. The van der Waals surface area contributed by atoms with Crippen LogP contribution in [-0.2, 0) is 9.53 Å². The third kappa shape index (κ3) is 4.12. The molecular weight excluding hydrogens is 380 g/mol. The van der Waals surface area contributed by atoms with Gasteiger partial charge in [0.15, 0.2) is 5.17 Å². The normalized spacial score (nSPS) is 16.6. The second kappa shape index (κ2) is 8.10. The van der Waals surface area contributed by atoms with E-state index in [2.05, 4.69) is 9.73 Å². The van der Waals surface area contributed by atoms with Crippen LogP contribution in [-0.4, -0.2) is 47.2 Å². The number of nitrogens with zero attached hydrogens (tertiary/aromatic N) is 2. The van der Waals surface area contributed by atoms with E-state index in [0.29, 0.717) is 21.3 Å². The molecule has 0 saturated carbocycles. The topological polar surface area (TPSA) is 96.3 Å². The summed E-state index contributed by atoms with van der Waals surface area (Å²) in [6, 6.07) is 12.8. The number of aromatic carboxylic acids is 1. The first kappa shape index (κ1) is 19.4. The zero-order valence-corrected chi connectivity index (χ0v) is 15.9. The highest BCUT2D eigenvalue weighted by atomic mass is 32.2. The van der Waals surface area contributed by atoms with Crippen molar-refractivity contribution in [2.45, 2.75) is 0 Å². The van der Waals surface area contributed by atoms with E-state index >= 15 is 0 Å². The number of carboxylic acids is 1. The number of ether oxygens (including phenoxy) is 1. The lowest BCUT2D eigenvalue weighted by atomic mass is 10.1. The number of likely N-dealkylation sites (N-methyl/N-ethyl adjacent to an activating group) is 1. The van der Waals surface area contributed by atoms with Crippen molar-refractivity contribution in [1.82, 2.24) is 4.90 Å². The number of carbonyl (C=O) groups excluding carboxylic acids is 2. The lowest BCUT2D eigenvalue weighted by Gasteiger charge is -2.07. The Morgan fingerprint density at radius 1 is 1.07 bits per heavy atom. The molecule has 8 heteroatoms. The lowest BCUT2D eigenvalue weighted by Crippen LogP contribution is -2.23. The van der Waals surface area contributed by atoms with Gasteiger partial charge in [0.2, 0.25) is 0 Å². The number of amides is 1. The zero-order valence-electron chi connectivity index (χ0n) is 15.1. The molecule has 142 valence electrons. The van der Waals surface area contributed by atoms with E-state index < -0.39 is 11.9 Å². The summed E-state index contributed by atoms with van der Waals surface area (Å²) in [5, 5.41) is 9.44. The summed E-state index contributed by atoms with van der Waals surface area (Å²) in [6.45, 7) is 0. The Hall–Kier alpha value is -3.39. The standard InChI is InChI=1S/C20H16N2O5S/c1-22-17(23)16(11-12-3-5-14(6-4-12)19(26)27-2)28-20(22)21-15-9-7-13(8-10-15)18(24)25/h3-11H,1-2H3,(H,24,25)/b16-11-,21-20?. The van der Waals surface area contributed by atoms with Gasteiger partial charge in [-0.3, -0.25) is 9.69 Å². The number of hydrogen-bond donors (Lipinski definition) is 1. The number of benzene rings is 2. The van der Waals surface area contributed by atoms with Crippen LogP contribution in [0.2, 0.25) is 0 Å². The van der Waals surface area contributed by atoms with E-state index in [1.165, 1.54) is 35.9 Å². The minimum absolute atomic E-state index is 0.170. The number of methoxy groups -OCH3 is 1. The molecule has 0 aliphatic carbocycles. The van der Waals surface area contributed by atoms with Gasteiger partial charge in [0.05, 0.1) is 28.8 Å². The SMILES string of the molecule is COC(=O)c1ccc(/C=C2\SC(=Nc3ccc(C(=O)O)cc3)N(C)C2=O)cc1. The Balaban J connectivity index is 1.81. The van der Waals surface area contributed by atoms with Crippen molar-refractivity contribution < 1.29 is 24.2 Å². The van der Waals surface area contributed by atoms with Gasteiger partial charge in [0, 0.05) is 7.05 Å². The molecule has 0 atom stereocenters. The number of carbonyl (C=O) groups is 3. The highest BCUT2D eigenvalue weighted by Gasteiger charge is 2.30. The van der Waals surface area contributed by atoms with Crippen molar-refractivity contribution in [3.8, 4) is 0 Å². The van der Waals surface area contributed by atoms with E-state index in [-0.39, 0.29) is 11.5 Å². The fourth-order valence-corrected chi connectivity index (χ4v) is 3.41. The first-order valence-corrected chi connectivity index (χ1v) is 8.98. The van der Waals surface area contributed by atoms with Crippen molar-refractivity contribution in [2.75, 3.05) is 14.2 Å². The van der Waals surface area contributed by atoms with Crippen LogP contribution in [0.15, 0.2) is 58.4 Å². The average Bonchev–Trinajstić information content (AvgIpc) is 2.96. The monoisotopic (exact) mass is 396 g/mol. The van der Waals surface area contributed by atoms with E-state index in [1.807, 2.05) is 0 Å². The fourth-order valence-electron chi connectivity index (χ4n) is 2.43. The molecule has 0 unspecified atom stereocenters. The highest BCUT2D eigenvalue weighted by Crippen LogP contribution is 2.33. The molecule has 2 aromatic rings. The summed E-state index contributed by atoms with van der Waals surface area (Å²) in [5.41, 5.74) is 1.92. The largest absolute Gasteiger partial charge is 0.478 e. The number of rotatable bonds is 4. The Morgan fingerprint density at radius 3 is 2.25 bits per heavy atom. The summed E-state index contributed by atoms with van der Waals surface area (Å²) in [5.74, 6) is -1.62. The highest BCUT2D eigenvalue weighted by molar-refractivity contribution is 8.18. The molecule has 0 bridgehead atoms. The van der Waals surface area contributed by atoms with E-state index in [9.17, 15) is 14.4 Å². The molecule has 2 aromatic carbocycles. The van der Waals surface area contributed by atoms with Crippen LogP contribution in [0.5, 0.6) is 0 Å². The first-order chi connectivity index (χ1) is 13.4. The van der Waals surface area contributed by atoms with Crippen LogP contribution >= 0.6 is 11.8 Å². The van der Waals surface area contributed by atoms with Crippen molar-refractivity contribution in [2.24, 2.45) is 4.99 Å². The van der Waals surface area contributed by atoms with Crippen molar-refractivity contribution in [1.29, 1.82) is 0 Å². The first-order valence-electron chi connectivity index (χ1n) is 8.17. The van der Waals surface area contributed by atoms with Crippen molar-refractivity contribution in [3.63, 3.8) is 0 Å². The Bertz CT molecular complexity index is 994. The molecule has 1 saturated heterocycles. The van der Waals surface area contributed by atoms with Gasteiger partial charge in [0.1, 0.15) is 0 Å². The van der Waals surface area contributed by atoms with Crippen LogP contribution in [0.1, 0.15) is 26.3 Å². The van der Waals surface area contributed by atoms with Gasteiger partial charge >= 0.3 is 11.9 Å². The summed E-state index contributed by atoms with van der Waals surface area (Å²) in [6.07, 6.45) is 1.72. The van der Waals surface area contributed by atoms with E-state index in [1.54, 1.807) is 49.5 Å². The smallest absolute Gasteiger partial charge is 0.337 e. The van der Waals surface area contributed by atoms with Gasteiger partial charge in [-0.2, -0.15) is 0 Å². The quantitative estimate of drug-likeness (QED) is 0.628. The maximum absolute atomic E-state index is 12.5. The zero-order chi connectivity index (χ0) is 20.3. The molecule has 0 radical (unpaired) electrons. The molecule has 1 amide bonds. The van der Waals surface area contributed by atoms with Gasteiger partial charge < -0.3 is 9.84 Å². The van der Waals surface area contributed by atoms with E-state index in [0.717, 1.165) is 5.56 Å². The molecule has 3 rings (SSSR count). The maximum atomic E-state index is 12.5. The molecule has 0 spiro atoms. The third-order valence-corrected chi connectivity index (χ3v) is 5.03. The summed E-state index contributed by atoms with van der Waals surface area (Å²) in [4.78, 5) is 41.2. The van der Waals surface area contributed by atoms with Gasteiger partial charge in [-0.25, -0.2) is 14.6 Å². The fraction of sp³-hybridized carbons (Fsp3) is 0.100. The van der Waals surface area contributed by atoms with Crippen LogP contribution in [0, 0.1) is 0 Å². The van der Waals surface area contributed by atoms with E-state index in [4.69, 9.17) is 5.11 Å². The van der Waals surface area contributed by atoms with Crippen LogP contribution in [0.4, 0.5) is 5.69 Å². The maximum Gasteiger partial charge on any atom is 0.337 e. The predicted molar refractivity (Wildman–Crippen MR) is 107 cm³/mol. The molecule has 1 heterocycles. The Labute approximate surface area is 165 Å². The van der Waals surface area contributed by atoms with Crippen molar-refractivity contribution in [3.05, 3.63) is 70.1 Å². The van der Waals surface area contributed by atoms with Gasteiger partial charge in [-0.05, 0) is 59.8 Å². The number of esters is 1. The predicted octanol–water partition coefficient (Wildman–Crippen LogP) is 3.41. The molecule has 28 heavy (non-hydrogen) atoms. The molecule has 1 fully saturated rings. The molecule has 1 aliphatic rings. The number of hydrogen-bond acceptors (Lipinski definition) is 6. The number of amidine groups is 1. The van der Waals surface area contributed by atoms with Crippen molar-refractivity contribution >= 4 is 46.5 Å². The minimum Gasteiger partial charge on any atom is -0.478 e. The summed E-state index contributed by atoms with van der Waals surface area (Å²) in [7, 11) is 2.94. The van der Waals surface area contributed by atoms with Crippen LogP contribution in [0.3, 0.4) is 0 Å².